The Balaban J connectivity index is 1.37. The molecule has 0 aliphatic carbocycles. The first-order valence-electron chi connectivity index (χ1n) is 10.4. The quantitative estimate of drug-likeness (QED) is 0.590. The molecule has 1 aliphatic rings. The number of halogens is 1. The molecule has 0 radical (unpaired) electrons. The van der Waals surface area contributed by atoms with E-state index in [1.807, 2.05) is 31.7 Å². The average Bonchev–Trinajstić information content (AvgIpc) is 3.30. The first-order valence-corrected chi connectivity index (χ1v) is 11.6. The van der Waals surface area contributed by atoms with E-state index in [-0.39, 0.29) is 11.8 Å². The number of nitrogens with zero attached hydrogens (tertiary/aromatic N) is 3. The van der Waals surface area contributed by atoms with Crippen molar-refractivity contribution in [2.24, 2.45) is 0 Å². The Labute approximate surface area is 195 Å². The van der Waals surface area contributed by atoms with Gasteiger partial charge in [0.2, 0.25) is 0 Å². The van der Waals surface area contributed by atoms with Gasteiger partial charge in [0, 0.05) is 38.3 Å². The lowest BCUT2D eigenvalue weighted by atomic mass is 10.1. The molecule has 168 valence electrons. The zero-order valence-electron chi connectivity index (χ0n) is 18.3. The number of thiophene rings is 1. The standard InChI is InChI=1S/C23H25ClN4O3S/c1-14-12-20(25-22(29)17-6-4-5-7-19(17)24)32-21(14)23(30)28-10-8-27(9-11-28)13-18-15(2)26-31-16(18)3/h4-7,12H,8-11,13H2,1-3H3,(H,25,29). The molecule has 1 aromatic carbocycles. The number of carbonyl (C=O) groups is 2. The second-order valence-corrected chi connectivity index (χ2v) is 9.39. The SMILES string of the molecule is Cc1cc(NC(=O)c2ccccc2Cl)sc1C(=O)N1CCN(Cc2c(C)noc2C)CC1. The summed E-state index contributed by atoms with van der Waals surface area (Å²) >= 11 is 7.41. The third kappa shape index (κ3) is 4.72. The van der Waals surface area contributed by atoms with Crippen LogP contribution in [0.4, 0.5) is 5.00 Å². The summed E-state index contributed by atoms with van der Waals surface area (Å²) in [7, 11) is 0. The van der Waals surface area contributed by atoms with Gasteiger partial charge in [0.15, 0.2) is 0 Å². The summed E-state index contributed by atoms with van der Waals surface area (Å²) in [6, 6.07) is 8.73. The van der Waals surface area contributed by atoms with Crippen LogP contribution in [-0.2, 0) is 6.54 Å². The predicted octanol–water partition coefficient (Wildman–Crippen LogP) is 4.53. The molecule has 4 rings (SSSR count). The zero-order chi connectivity index (χ0) is 22.8. The summed E-state index contributed by atoms with van der Waals surface area (Å²) in [4.78, 5) is 30.5. The fourth-order valence-electron chi connectivity index (χ4n) is 3.78. The summed E-state index contributed by atoms with van der Waals surface area (Å²) in [6.45, 7) is 9.43. The topological polar surface area (TPSA) is 78.7 Å². The highest BCUT2D eigenvalue weighted by Gasteiger charge is 2.26. The lowest BCUT2D eigenvalue weighted by Gasteiger charge is -2.34. The number of carbonyl (C=O) groups excluding carboxylic acids is 2. The molecule has 0 bridgehead atoms. The van der Waals surface area contributed by atoms with Crippen LogP contribution >= 0.6 is 22.9 Å². The molecule has 0 saturated carbocycles. The molecule has 32 heavy (non-hydrogen) atoms. The maximum absolute atomic E-state index is 13.1. The summed E-state index contributed by atoms with van der Waals surface area (Å²) in [5.74, 6) is 0.563. The minimum Gasteiger partial charge on any atom is -0.361 e. The van der Waals surface area contributed by atoms with Gasteiger partial charge in [-0.05, 0) is 44.5 Å². The van der Waals surface area contributed by atoms with E-state index in [9.17, 15) is 9.59 Å². The number of rotatable bonds is 5. The van der Waals surface area contributed by atoms with Gasteiger partial charge in [-0.25, -0.2) is 0 Å². The molecule has 2 aromatic heterocycles. The minimum atomic E-state index is -0.288. The Hall–Kier alpha value is -2.68. The Morgan fingerprint density at radius 3 is 2.53 bits per heavy atom. The highest BCUT2D eigenvalue weighted by Crippen LogP contribution is 2.29. The molecule has 7 nitrogen and oxygen atoms in total. The second kappa shape index (κ2) is 9.44. The predicted molar refractivity (Wildman–Crippen MR) is 126 cm³/mol. The van der Waals surface area contributed by atoms with Gasteiger partial charge in [-0.3, -0.25) is 14.5 Å². The normalized spacial score (nSPS) is 14.6. The molecular formula is C23H25ClN4O3S. The molecule has 0 spiro atoms. The van der Waals surface area contributed by atoms with Crippen molar-refractivity contribution in [3.8, 4) is 0 Å². The number of aromatic nitrogens is 1. The molecule has 1 N–H and O–H groups in total. The van der Waals surface area contributed by atoms with Crippen LogP contribution in [0.1, 0.15) is 42.6 Å². The van der Waals surface area contributed by atoms with Crippen LogP contribution in [0.25, 0.3) is 0 Å². The first kappa shape index (κ1) is 22.5. The van der Waals surface area contributed by atoms with Crippen LogP contribution in [0.15, 0.2) is 34.9 Å². The molecular weight excluding hydrogens is 448 g/mol. The summed E-state index contributed by atoms with van der Waals surface area (Å²) in [5, 5.41) is 7.91. The van der Waals surface area contributed by atoms with Gasteiger partial charge in [0.1, 0.15) is 5.76 Å². The molecule has 0 atom stereocenters. The Bertz CT molecular complexity index is 1130. The van der Waals surface area contributed by atoms with E-state index in [0.717, 1.165) is 42.2 Å². The molecule has 0 unspecified atom stereocenters. The number of amides is 2. The molecule has 1 fully saturated rings. The van der Waals surface area contributed by atoms with Crippen molar-refractivity contribution in [3.63, 3.8) is 0 Å². The molecule has 3 aromatic rings. The number of hydrogen-bond donors (Lipinski definition) is 1. The summed E-state index contributed by atoms with van der Waals surface area (Å²) < 4.78 is 5.25. The fraction of sp³-hybridized carbons (Fsp3) is 0.348. The van der Waals surface area contributed by atoms with Crippen molar-refractivity contribution in [3.05, 3.63) is 68.4 Å². The maximum Gasteiger partial charge on any atom is 0.264 e. The second-order valence-electron chi connectivity index (χ2n) is 7.93. The van der Waals surface area contributed by atoms with Crippen LogP contribution < -0.4 is 5.32 Å². The lowest BCUT2D eigenvalue weighted by Crippen LogP contribution is -2.48. The zero-order valence-corrected chi connectivity index (χ0v) is 19.8. The van der Waals surface area contributed by atoms with Crippen molar-refractivity contribution in [2.45, 2.75) is 27.3 Å². The number of benzene rings is 1. The van der Waals surface area contributed by atoms with E-state index in [0.29, 0.717) is 33.6 Å². The van der Waals surface area contributed by atoms with E-state index in [2.05, 4.69) is 15.4 Å². The number of anilines is 1. The van der Waals surface area contributed by atoms with Gasteiger partial charge < -0.3 is 14.7 Å². The van der Waals surface area contributed by atoms with E-state index in [1.54, 1.807) is 24.3 Å². The first-order chi connectivity index (χ1) is 15.3. The van der Waals surface area contributed by atoms with Crippen molar-refractivity contribution >= 4 is 39.8 Å². The molecule has 2 amide bonds. The summed E-state index contributed by atoms with van der Waals surface area (Å²) in [6.07, 6.45) is 0. The Morgan fingerprint density at radius 2 is 1.88 bits per heavy atom. The van der Waals surface area contributed by atoms with Crippen molar-refractivity contribution < 1.29 is 14.1 Å². The van der Waals surface area contributed by atoms with E-state index in [4.69, 9.17) is 16.1 Å². The van der Waals surface area contributed by atoms with Gasteiger partial charge in [-0.1, -0.05) is 28.9 Å². The van der Waals surface area contributed by atoms with Crippen molar-refractivity contribution in [1.82, 2.24) is 15.0 Å². The largest absolute Gasteiger partial charge is 0.361 e. The molecule has 1 saturated heterocycles. The van der Waals surface area contributed by atoms with Crippen LogP contribution in [0.2, 0.25) is 5.02 Å². The molecule has 3 heterocycles. The monoisotopic (exact) mass is 472 g/mol. The number of aryl methyl sites for hydroxylation is 3. The van der Waals surface area contributed by atoms with E-state index < -0.39 is 0 Å². The number of hydrogen-bond acceptors (Lipinski definition) is 6. The van der Waals surface area contributed by atoms with Gasteiger partial charge >= 0.3 is 0 Å². The van der Waals surface area contributed by atoms with Crippen LogP contribution in [0.5, 0.6) is 0 Å². The highest BCUT2D eigenvalue weighted by atomic mass is 35.5. The van der Waals surface area contributed by atoms with Gasteiger partial charge in [0.05, 0.1) is 26.2 Å². The van der Waals surface area contributed by atoms with Gasteiger partial charge in [-0.15, -0.1) is 11.3 Å². The van der Waals surface area contributed by atoms with Crippen molar-refractivity contribution in [1.29, 1.82) is 0 Å². The fourth-order valence-corrected chi connectivity index (χ4v) is 5.04. The maximum atomic E-state index is 13.1. The molecule has 9 heteroatoms. The Kier molecular flexibility index (Phi) is 6.64. The summed E-state index contributed by atoms with van der Waals surface area (Å²) in [5.41, 5.74) is 3.30. The average molecular weight is 473 g/mol. The van der Waals surface area contributed by atoms with Crippen LogP contribution in [0.3, 0.4) is 0 Å². The van der Waals surface area contributed by atoms with E-state index in [1.165, 1.54) is 11.3 Å². The lowest BCUT2D eigenvalue weighted by molar-refractivity contribution is 0.0631. The third-order valence-corrected chi connectivity index (χ3v) is 7.16. The third-order valence-electron chi connectivity index (χ3n) is 5.69. The number of nitrogens with one attached hydrogen (secondary N) is 1. The van der Waals surface area contributed by atoms with Crippen LogP contribution in [0, 0.1) is 20.8 Å². The molecule has 1 aliphatic heterocycles. The highest BCUT2D eigenvalue weighted by molar-refractivity contribution is 7.18. The van der Waals surface area contributed by atoms with Gasteiger partial charge in [0.25, 0.3) is 11.8 Å². The smallest absolute Gasteiger partial charge is 0.264 e. The van der Waals surface area contributed by atoms with Crippen molar-refractivity contribution in [2.75, 3.05) is 31.5 Å². The van der Waals surface area contributed by atoms with Crippen LogP contribution in [-0.4, -0.2) is 52.9 Å². The Morgan fingerprint density at radius 1 is 1.16 bits per heavy atom. The number of piperazine rings is 1. The van der Waals surface area contributed by atoms with Gasteiger partial charge in [-0.2, -0.15) is 0 Å². The van der Waals surface area contributed by atoms with E-state index >= 15 is 0 Å². The minimum absolute atomic E-state index is 0.00253.